The van der Waals surface area contributed by atoms with Crippen LogP contribution in [0.25, 0.3) is 0 Å². The summed E-state index contributed by atoms with van der Waals surface area (Å²) in [6.45, 7) is 8.50. The van der Waals surface area contributed by atoms with E-state index in [-0.39, 0.29) is 5.91 Å². The fourth-order valence-electron chi connectivity index (χ4n) is 1.70. The van der Waals surface area contributed by atoms with Crippen molar-refractivity contribution in [3.8, 4) is 0 Å². The Balaban J connectivity index is 2.16. The Morgan fingerprint density at radius 3 is 2.71 bits per heavy atom. The Morgan fingerprint density at radius 1 is 1.47 bits per heavy atom. The molecule has 0 atom stereocenters. The van der Waals surface area contributed by atoms with Crippen LogP contribution in [0, 0.1) is 0 Å². The summed E-state index contributed by atoms with van der Waals surface area (Å²) >= 11 is 0. The van der Waals surface area contributed by atoms with Crippen molar-refractivity contribution in [2.24, 2.45) is 10.7 Å². The number of amides is 1. The zero-order valence-electron chi connectivity index (χ0n) is 10.5. The van der Waals surface area contributed by atoms with Gasteiger partial charge < -0.3 is 16.0 Å². The lowest BCUT2D eigenvalue weighted by atomic mass is 10.3. The van der Waals surface area contributed by atoms with Crippen molar-refractivity contribution in [1.82, 2.24) is 10.2 Å². The monoisotopic (exact) mass is 238 g/mol. The average Bonchev–Trinajstić information content (AvgIpc) is 2.79. The predicted octanol–water partition coefficient (Wildman–Crippen LogP) is 0.479. The Hall–Kier alpha value is -1.52. The van der Waals surface area contributed by atoms with Gasteiger partial charge in [0.25, 0.3) is 0 Å². The second-order valence-electron chi connectivity index (χ2n) is 4.42. The summed E-state index contributed by atoms with van der Waals surface area (Å²) in [5.41, 5.74) is 6.60. The van der Waals surface area contributed by atoms with Crippen LogP contribution in [0.5, 0.6) is 0 Å². The summed E-state index contributed by atoms with van der Waals surface area (Å²) < 4.78 is 0. The van der Waals surface area contributed by atoms with E-state index in [9.17, 15) is 4.79 Å². The van der Waals surface area contributed by atoms with E-state index in [4.69, 9.17) is 5.73 Å². The smallest absolute Gasteiger partial charge is 0.224 e. The van der Waals surface area contributed by atoms with Gasteiger partial charge in [-0.2, -0.15) is 0 Å². The number of carbonyl (C=O) groups is 1. The minimum Gasteiger partial charge on any atom is -0.370 e. The van der Waals surface area contributed by atoms with Gasteiger partial charge in [-0.25, -0.2) is 4.99 Å². The van der Waals surface area contributed by atoms with Crippen LogP contribution >= 0.6 is 0 Å². The maximum absolute atomic E-state index is 11.7. The van der Waals surface area contributed by atoms with E-state index in [1.807, 2.05) is 11.8 Å². The highest BCUT2D eigenvalue weighted by Crippen LogP contribution is 2.08. The first-order valence-corrected chi connectivity index (χ1v) is 6.05. The molecular weight excluding hydrogens is 216 g/mol. The third-order valence-electron chi connectivity index (χ3n) is 2.62. The number of carbonyl (C=O) groups excluding carboxylic acids is 1. The van der Waals surface area contributed by atoms with Crippen molar-refractivity contribution in [1.29, 1.82) is 0 Å². The van der Waals surface area contributed by atoms with Gasteiger partial charge in [0.1, 0.15) is 0 Å². The van der Waals surface area contributed by atoms with Crippen molar-refractivity contribution < 1.29 is 4.79 Å². The molecule has 1 saturated heterocycles. The molecule has 17 heavy (non-hydrogen) atoms. The summed E-state index contributed by atoms with van der Waals surface area (Å²) in [6.07, 6.45) is 2.73. The lowest BCUT2D eigenvalue weighted by molar-refractivity contribution is -0.129. The first kappa shape index (κ1) is 13.5. The van der Waals surface area contributed by atoms with Gasteiger partial charge in [0.15, 0.2) is 5.96 Å². The highest BCUT2D eigenvalue weighted by atomic mass is 16.2. The van der Waals surface area contributed by atoms with Crippen LogP contribution in [0.4, 0.5) is 0 Å². The Kier molecular flexibility index (Phi) is 5.52. The van der Waals surface area contributed by atoms with Crippen LogP contribution in [-0.4, -0.2) is 42.9 Å². The number of hydrogen-bond donors (Lipinski definition) is 2. The highest BCUT2D eigenvalue weighted by Gasteiger charge is 2.16. The molecular formula is C12H22N4O. The summed E-state index contributed by atoms with van der Waals surface area (Å²) in [6, 6.07) is 0. The molecule has 96 valence electrons. The number of hydrogen-bond acceptors (Lipinski definition) is 2. The SMILES string of the molecule is C=C(C)CN=C(N)NCCC(=O)N1CCCC1. The van der Waals surface area contributed by atoms with Gasteiger partial charge in [0.05, 0.1) is 6.54 Å². The average molecular weight is 238 g/mol. The predicted molar refractivity (Wildman–Crippen MR) is 69.7 cm³/mol. The van der Waals surface area contributed by atoms with E-state index in [1.165, 1.54) is 0 Å². The largest absolute Gasteiger partial charge is 0.370 e. The zero-order chi connectivity index (χ0) is 12.7. The number of likely N-dealkylation sites (tertiary alicyclic amines) is 1. The van der Waals surface area contributed by atoms with Gasteiger partial charge >= 0.3 is 0 Å². The zero-order valence-corrected chi connectivity index (χ0v) is 10.5. The molecule has 1 amide bonds. The fourth-order valence-corrected chi connectivity index (χ4v) is 1.70. The molecule has 0 aromatic rings. The minimum absolute atomic E-state index is 0.197. The highest BCUT2D eigenvalue weighted by molar-refractivity contribution is 5.80. The number of rotatable bonds is 5. The molecule has 0 unspecified atom stereocenters. The second-order valence-corrected chi connectivity index (χ2v) is 4.42. The molecule has 0 radical (unpaired) electrons. The first-order valence-electron chi connectivity index (χ1n) is 6.05. The maximum Gasteiger partial charge on any atom is 0.224 e. The molecule has 0 saturated carbocycles. The minimum atomic E-state index is 0.197. The van der Waals surface area contributed by atoms with Gasteiger partial charge in [-0.05, 0) is 19.8 Å². The lowest BCUT2D eigenvalue weighted by Gasteiger charge is -2.15. The number of nitrogens with one attached hydrogen (secondary N) is 1. The molecule has 1 fully saturated rings. The van der Waals surface area contributed by atoms with Gasteiger partial charge in [-0.1, -0.05) is 12.2 Å². The fraction of sp³-hybridized carbons (Fsp3) is 0.667. The van der Waals surface area contributed by atoms with Gasteiger partial charge in [-0.15, -0.1) is 0 Å². The maximum atomic E-state index is 11.7. The number of nitrogens with two attached hydrogens (primary N) is 1. The van der Waals surface area contributed by atoms with Gasteiger partial charge in [-0.3, -0.25) is 4.79 Å². The molecule has 5 heteroatoms. The van der Waals surface area contributed by atoms with E-state index < -0.39 is 0 Å². The number of aliphatic imine (C=N–C) groups is 1. The van der Waals surface area contributed by atoms with Crippen molar-refractivity contribution in [3.05, 3.63) is 12.2 Å². The summed E-state index contributed by atoms with van der Waals surface area (Å²) in [7, 11) is 0. The quantitative estimate of drug-likeness (QED) is 0.416. The molecule has 1 heterocycles. The molecule has 0 aromatic heterocycles. The topological polar surface area (TPSA) is 70.7 Å². The number of guanidine groups is 1. The first-order chi connectivity index (χ1) is 8.09. The molecule has 1 aliphatic heterocycles. The van der Waals surface area contributed by atoms with Gasteiger partial charge in [0, 0.05) is 26.1 Å². The van der Waals surface area contributed by atoms with Crippen LogP contribution in [-0.2, 0) is 4.79 Å². The van der Waals surface area contributed by atoms with Crippen LogP contribution < -0.4 is 11.1 Å². The summed E-state index contributed by atoms with van der Waals surface area (Å²) in [4.78, 5) is 17.7. The number of nitrogens with zero attached hydrogens (tertiary/aromatic N) is 2. The van der Waals surface area contributed by atoms with E-state index in [0.29, 0.717) is 25.5 Å². The molecule has 5 nitrogen and oxygen atoms in total. The van der Waals surface area contributed by atoms with Crippen LogP contribution in [0.2, 0.25) is 0 Å². The molecule has 0 aromatic carbocycles. The molecule has 0 spiro atoms. The third-order valence-corrected chi connectivity index (χ3v) is 2.62. The van der Waals surface area contributed by atoms with Gasteiger partial charge in [0.2, 0.25) is 5.91 Å². The van der Waals surface area contributed by atoms with Crippen molar-refractivity contribution >= 4 is 11.9 Å². The van der Waals surface area contributed by atoms with Crippen LogP contribution in [0.15, 0.2) is 17.1 Å². The van der Waals surface area contributed by atoms with E-state index in [1.54, 1.807) is 0 Å². The molecule has 3 N–H and O–H groups in total. The molecule has 0 bridgehead atoms. The Morgan fingerprint density at radius 2 is 2.12 bits per heavy atom. The van der Waals surface area contributed by atoms with Crippen molar-refractivity contribution in [2.75, 3.05) is 26.2 Å². The standard InChI is InChI=1S/C12H22N4O/c1-10(2)9-15-12(13)14-6-5-11(17)16-7-3-4-8-16/h1,3-9H2,2H3,(H3,13,14,15). The van der Waals surface area contributed by atoms with E-state index >= 15 is 0 Å². The van der Waals surface area contributed by atoms with Crippen LogP contribution in [0.3, 0.4) is 0 Å². The summed E-state index contributed by atoms with van der Waals surface area (Å²) in [5, 5.41) is 2.93. The van der Waals surface area contributed by atoms with E-state index in [0.717, 1.165) is 31.5 Å². The lowest BCUT2D eigenvalue weighted by Crippen LogP contribution is -2.36. The third kappa shape index (κ3) is 5.38. The molecule has 1 aliphatic rings. The molecule has 0 aliphatic carbocycles. The normalized spacial score (nSPS) is 16.1. The van der Waals surface area contributed by atoms with Crippen molar-refractivity contribution in [3.63, 3.8) is 0 Å². The molecule has 1 rings (SSSR count). The Labute approximate surface area is 103 Å². The second kappa shape index (κ2) is 6.93. The van der Waals surface area contributed by atoms with Crippen LogP contribution in [0.1, 0.15) is 26.2 Å². The Bertz CT molecular complexity index is 306. The summed E-state index contributed by atoms with van der Waals surface area (Å²) in [5.74, 6) is 0.574. The van der Waals surface area contributed by atoms with Crippen molar-refractivity contribution in [2.45, 2.75) is 26.2 Å². The van der Waals surface area contributed by atoms with E-state index in [2.05, 4.69) is 16.9 Å².